The lowest BCUT2D eigenvalue weighted by atomic mass is 10.1. The lowest BCUT2D eigenvalue weighted by Crippen LogP contribution is -2.30. The fraction of sp³-hybridized carbons (Fsp3) is 0.580. The fourth-order valence-electron chi connectivity index (χ4n) is 7.63. The first-order valence-electron chi connectivity index (χ1n) is 30.0. The molecule has 0 N–H and O–H groups in total. The van der Waals surface area contributed by atoms with E-state index in [2.05, 4.69) is 179 Å². The summed E-state index contributed by atoms with van der Waals surface area (Å²) in [6.45, 7) is 6.23. The largest absolute Gasteiger partial charge is 0.462 e. The molecule has 0 aromatic heterocycles. The monoisotopic (exact) mass is 1030 g/mol. The molecule has 0 rings (SSSR count). The van der Waals surface area contributed by atoms with Crippen LogP contribution in [0.4, 0.5) is 0 Å². The van der Waals surface area contributed by atoms with Crippen molar-refractivity contribution < 1.29 is 28.6 Å². The van der Waals surface area contributed by atoms with E-state index in [-0.39, 0.29) is 37.5 Å². The first kappa shape index (κ1) is 70.0. The molecule has 0 fully saturated rings. The minimum Gasteiger partial charge on any atom is -0.462 e. The number of carbonyl (C=O) groups is 3. The predicted octanol–water partition coefficient (Wildman–Crippen LogP) is 20.5. The molecule has 75 heavy (non-hydrogen) atoms. The van der Waals surface area contributed by atoms with Crippen LogP contribution in [0.15, 0.2) is 158 Å². The Balaban J connectivity index is 4.46. The molecule has 420 valence electrons. The van der Waals surface area contributed by atoms with Gasteiger partial charge in [-0.25, -0.2) is 0 Å². The molecule has 0 spiro atoms. The smallest absolute Gasteiger partial charge is 0.306 e. The van der Waals surface area contributed by atoms with Crippen LogP contribution >= 0.6 is 0 Å². The molecule has 0 aromatic carbocycles. The predicted molar refractivity (Wildman–Crippen MR) is 325 cm³/mol. The number of ether oxygens (including phenoxy) is 3. The molecule has 0 bridgehead atoms. The molecule has 0 heterocycles. The van der Waals surface area contributed by atoms with Crippen molar-refractivity contribution in [3.05, 3.63) is 158 Å². The van der Waals surface area contributed by atoms with E-state index < -0.39 is 6.10 Å². The summed E-state index contributed by atoms with van der Waals surface area (Å²) in [5.74, 6) is -0.990. The zero-order valence-corrected chi connectivity index (χ0v) is 48.0. The second-order valence-corrected chi connectivity index (χ2v) is 19.1. The maximum absolute atomic E-state index is 12.9. The van der Waals surface area contributed by atoms with Gasteiger partial charge < -0.3 is 14.2 Å². The summed E-state index contributed by atoms with van der Waals surface area (Å²) in [7, 11) is 0. The number of carbonyl (C=O) groups excluding carboxylic acids is 3. The van der Waals surface area contributed by atoms with E-state index in [1.165, 1.54) is 38.5 Å². The average Bonchev–Trinajstić information content (AvgIpc) is 3.41. The molecule has 0 aliphatic heterocycles. The second-order valence-electron chi connectivity index (χ2n) is 19.1. The third-order valence-corrected chi connectivity index (χ3v) is 12.0. The molecule has 0 aliphatic carbocycles. The molecule has 0 saturated carbocycles. The van der Waals surface area contributed by atoms with Gasteiger partial charge in [0, 0.05) is 19.3 Å². The van der Waals surface area contributed by atoms with E-state index in [9.17, 15) is 14.4 Å². The second kappa shape index (κ2) is 61.6. The average molecular weight is 1030 g/mol. The van der Waals surface area contributed by atoms with Gasteiger partial charge in [-0.3, -0.25) is 14.4 Å². The lowest BCUT2D eigenvalue weighted by Gasteiger charge is -2.18. The van der Waals surface area contributed by atoms with Crippen molar-refractivity contribution in [1.82, 2.24) is 0 Å². The van der Waals surface area contributed by atoms with Gasteiger partial charge in [-0.2, -0.15) is 0 Å². The van der Waals surface area contributed by atoms with Crippen LogP contribution in [0.5, 0.6) is 0 Å². The first-order valence-corrected chi connectivity index (χ1v) is 30.0. The Morgan fingerprint density at radius 3 is 0.773 bits per heavy atom. The molecule has 0 amide bonds. The number of rotatable bonds is 52. The van der Waals surface area contributed by atoms with Crippen LogP contribution < -0.4 is 0 Å². The van der Waals surface area contributed by atoms with Gasteiger partial charge in [-0.05, 0) is 141 Å². The Morgan fingerprint density at radius 2 is 0.480 bits per heavy atom. The number of allylic oxidation sites excluding steroid dienone is 26. The van der Waals surface area contributed by atoms with Crippen molar-refractivity contribution in [2.45, 2.75) is 245 Å². The Bertz CT molecular complexity index is 1710. The molecule has 6 heteroatoms. The molecular weight excluding hydrogens is 925 g/mol. The number of unbranched alkanes of at least 4 members (excludes halogenated alkanes) is 15. The zero-order valence-electron chi connectivity index (χ0n) is 48.0. The Hall–Kier alpha value is -4.97. The van der Waals surface area contributed by atoms with Crippen LogP contribution in [0.25, 0.3) is 0 Å². The van der Waals surface area contributed by atoms with Crippen molar-refractivity contribution in [3.8, 4) is 0 Å². The minimum atomic E-state index is -0.819. The van der Waals surface area contributed by atoms with Gasteiger partial charge in [-0.15, -0.1) is 0 Å². The van der Waals surface area contributed by atoms with E-state index >= 15 is 0 Å². The van der Waals surface area contributed by atoms with Crippen LogP contribution in [-0.2, 0) is 28.6 Å². The summed E-state index contributed by atoms with van der Waals surface area (Å²) in [6, 6.07) is 0. The Labute approximate surface area is 460 Å². The number of esters is 3. The Morgan fingerprint density at radius 1 is 0.267 bits per heavy atom. The summed E-state index contributed by atoms with van der Waals surface area (Å²) in [5.41, 5.74) is 0. The third kappa shape index (κ3) is 59.8. The fourth-order valence-corrected chi connectivity index (χ4v) is 7.63. The normalized spacial score (nSPS) is 13.3. The van der Waals surface area contributed by atoms with E-state index in [1.54, 1.807) is 0 Å². The van der Waals surface area contributed by atoms with Crippen LogP contribution in [0, 0.1) is 0 Å². The molecule has 6 nitrogen and oxygen atoms in total. The quantitative estimate of drug-likeness (QED) is 0.0261. The van der Waals surface area contributed by atoms with Gasteiger partial charge in [0.2, 0.25) is 0 Å². The summed E-state index contributed by atoms with van der Waals surface area (Å²) in [5, 5.41) is 0. The minimum absolute atomic E-state index is 0.111. The third-order valence-electron chi connectivity index (χ3n) is 12.0. The Kier molecular flexibility index (Phi) is 57.5. The van der Waals surface area contributed by atoms with E-state index in [1.807, 2.05) is 0 Å². The highest BCUT2D eigenvalue weighted by Crippen LogP contribution is 2.14. The topological polar surface area (TPSA) is 78.9 Å². The lowest BCUT2D eigenvalue weighted by molar-refractivity contribution is -0.167. The maximum atomic E-state index is 12.9. The molecular formula is C69H108O6. The molecule has 1 unspecified atom stereocenters. The van der Waals surface area contributed by atoms with Gasteiger partial charge in [0.05, 0.1) is 0 Å². The van der Waals surface area contributed by atoms with E-state index in [0.717, 1.165) is 154 Å². The highest BCUT2D eigenvalue weighted by atomic mass is 16.6. The van der Waals surface area contributed by atoms with E-state index in [0.29, 0.717) is 19.3 Å². The van der Waals surface area contributed by atoms with Gasteiger partial charge in [-0.1, -0.05) is 237 Å². The molecule has 0 aromatic rings. The molecule has 0 radical (unpaired) electrons. The van der Waals surface area contributed by atoms with Crippen LogP contribution in [-0.4, -0.2) is 37.2 Å². The standard InChI is InChI=1S/C69H108O6/c1-4-7-10-13-16-19-22-25-28-30-31-32-33-34-35-36-37-39-41-44-47-50-53-56-59-62-68(71)74-65-66(64-73-67(70)61-58-55-52-49-46-43-40-27-24-21-18-15-12-9-6-3)75-69(72)63-60-57-54-51-48-45-42-38-29-26-23-20-17-14-11-8-5-2/h7-12,16-21,25-29,31-32,34-35,40,42,45-46,49,66H,4-6,13-15,22-24,30,33,36-39,41,43-44,47-48,50-65H2,1-3H3/b10-7-,11-8-,12-9-,19-16-,20-17-,21-18-,28-25-,29-26-,32-31-,35-34-,40-27-,45-42-,49-46-. The van der Waals surface area contributed by atoms with Crippen molar-refractivity contribution in [3.63, 3.8) is 0 Å². The van der Waals surface area contributed by atoms with Crippen molar-refractivity contribution in [2.24, 2.45) is 0 Å². The number of hydrogen-bond donors (Lipinski definition) is 0. The summed E-state index contributed by atoms with van der Waals surface area (Å²) in [4.78, 5) is 38.2. The van der Waals surface area contributed by atoms with Crippen LogP contribution in [0.3, 0.4) is 0 Å². The summed E-state index contributed by atoms with van der Waals surface area (Å²) >= 11 is 0. The zero-order chi connectivity index (χ0) is 54.3. The van der Waals surface area contributed by atoms with Gasteiger partial charge in [0.25, 0.3) is 0 Å². The highest BCUT2D eigenvalue weighted by Gasteiger charge is 2.19. The van der Waals surface area contributed by atoms with Gasteiger partial charge in [0.1, 0.15) is 13.2 Å². The van der Waals surface area contributed by atoms with Crippen LogP contribution in [0.2, 0.25) is 0 Å². The number of hydrogen-bond acceptors (Lipinski definition) is 6. The van der Waals surface area contributed by atoms with E-state index in [4.69, 9.17) is 14.2 Å². The summed E-state index contributed by atoms with van der Waals surface area (Å²) < 4.78 is 16.8. The van der Waals surface area contributed by atoms with Crippen molar-refractivity contribution in [2.75, 3.05) is 13.2 Å². The molecule has 1 atom stereocenters. The molecule has 0 aliphatic rings. The maximum Gasteiger partial charge on any atom is 0.306 e. The van der Waals surface area contributed by atoms with Crippen molar-refractivity contribution >= 4 is 17.9 Å². The molecule has 0 saturated heterocycles. The van der Waals surface area contributed by atoms with Gasteiger partial charge in [0.15, 0.2) is 6.10 Å². The first-order chi connectivity index (χ1) is 37.0. The SMILES string of the molecule is CC/C=C\C/C=C\C/C=C\C/C=C\C/C=C\CCCCCCCCCCCC(=O)OCC(COC(=O)CCCC/C=C\C/C=C\C/C=C\C/C=C\CC)OC(=O)CCCCCC/C=C\C/C=C\C/C=C\C/C=C\CC. The highest BCUT2D eigenvalue weighted by molar-refractivity contribution is 5.71. The van der Waals surface area contributed by atoms with Crippen LogP contribution in [0.1, 0.15) is 239 Å². The van der Waals surface area contributed by atoms with Gasteiger partial charge >= 0.3 is 17.9 Å². The summed E-state index contributed by atoms with van der Waals surface area (Å²) in [6.07, 6.45) is 89.5. The van der Waals surface area contributed by atoms with Crippen molar-refractivity contribution in [1.29, 1.82) is 0 Å².